The van der Waals surface area contributed by atoms with Crippen LogP contribution in [0.15, 0.2) is 48.5 Å². The molecule has 0 bridgehead atoms. The molecule has 26 heavy (non-hydrogen) atoms. The van der Waals surface area contributed by atoms with Gasteiger partial charge in [0.25, 0.3) is 0 Å². The van der Waals surface area contributed by atoms with Gasteiger partial charge in [-0.2, -0.15) is 0 Å². The van der Waals surface area contributed by atoms with Crippen molar-refractivity contribution in [3.05, 3.63) is 65.6 Å². The molecule has 2 unspecified atom stereocenters. The van der Waals surface area contributed by atoms with E-state index in [1.807, 2.05) is 18.2 Å². The number of nitrogens with one attached hydrogen (secondary N) is 1. The molecule has 0 saturated carbocycles. The SMILES string of the molecule is COc1cccc(CN2CC(C)CCC2c2cc3cc(F)ccc3[nH]2)c1. The van der Waals surface area contributed by atoms with Crippen LogP contribution in [0.2, 0.25) is 0 Å². The zero-order valence-electron chi connectivity index (χ0n) is 15.3. The summed E-state index contributed by atoms with van der Waals surface area (Å²) in [7, 11) is 1.70. The van der Waals surface area contributed by atoms with Crippen molar-refractivity contribution in [2.45, 2.75) is 32.4 Å². The van der Waals surface area contributed by atoms with E-state index in [1.165, 1.54) is 23.7 Å². The fraction of sp³-hybridized carbons (Fsp3) is 0.364. The number of ether oxygens (including phenoxy) is 1. The molecule has 0 spiro atoms. The molecule has 1 fully saturated rings. The van der Waals surface area contributed by atoms with E-state index >= 15 is 0 Å². The maximum Gasteiger partial charge on any atom is 0.123 e. The Morgan fingerprint density at radius 2 is 2.04 bits per heavy atom. The second-order valence-corrected chi connectivity index (χ2v) is 7.44. The first-order valence-electron chi connectivity index (χ1n) is 9.27. The first-order chi connectivity index (χ1) is 12.6. The molecule has 3 aromatic rings. The number of methoxy groups -OCH3 is 1. The predicted octanol–water partition coefficient (Wildman–Crippen LogP) is 5.29. The molecule has 0 aliphatic carbocycles. The van der Waals surface area contributed by atoms with Crippen LogP contribution in [0.5, 0.6) is 5.75 Å². The molecule has 1 N–H and O–H groups in total. The molecule has 2 heterocycles. The topological polar surface area (TPSA) is 28.3 Å². The molecule has 1 saturated heterocycles. The maximum atomic E-state index is 13.5. The van der Waals surface area contributed by atoms with Gasteiger partial charge in [-0.3, -0.25) is 4.90 Å². The number of likely N-dealkylation sites (tertiary alicyclic amines) is 1. The minimum atomic E-state index is -0.187. The summed E-state index contributed by atoms with van der Waals surface area (Å²) in [5.74, 6) is 1.39. The Kier molecular flexibility index (Phi) is 4.68. The van der Waals surface area contributed by atoms with Crippen LogP contribution in [0.4, 0.5) is 4.39 Å². The van der Waals surface area contributed by atoms with Gasteiger partial charge in [-0.1, -0.05) is 19.1 Å². The zero-order chi connectivity index (χ0) is 18.1. The molecule has 0 radical (unpaired) electrons. The van der Waals surface area contributed by atoms with E-state index in [0.29, 0.717) is 12.0 Å². The van der Waals surface area contributed by atoms with Crippen molar-refractivity contribution in [2.75, 3.05) is 13.7 Å². The first kappa shape index (κ1) is 17.1. The van der Waals surface area contributed by atoms with Crippen molar-refractivity contribution < 1.29 is 9.13 Å². The summed E-state index contributed by atoms with van der Waals surface area (Å²) in [6.45, 7) is 4.26. The van der Waals surface area contributed by atoms with Crippen LogP contribution in [-0.2, 0) is 6.54 Å². The Morgan fingerprint density at radius 1 is 1.15 bits per heavy atom. The Morgan fingerprint density at radius 3 is 2.88 bits per heavy atom. The molecule has 4 heteroatoms. The van der Waals surface area contributed by atoms with Crippen LogP contribution in [0, 0.1) is 11.7 Å². The minimum absolute atomic E-state index is 0.187. The molecule has 1 aliphatic heterocycles. The van der Waals surface area contributed by atoms with E-state index in [-0.39, 0.29) is 5.82 Å². The lowest BCUT2D eigenvalue weighted by atomic mass is 9.92. The van der Waals surface area contributed by atoms with Gasteiger partial charge in [-0.05, 0) is 60.7 Å². The van der Waals surface area contributed by atoms with E-state index in [0.717, 1.165) is 36.2 Å². The number of hydrogen-bond acceptors (Lipinski definition) is 2. The normalized spacial score (nSPS) is 21.2. The molecular weight excluding hydrogens is 327 g/mol. The van der Waals surface area contributed by atoms with Crippen LogP contribution in [0.3, 0.4) is 0 Å². The molecule has 3 nitrogen and oxygen atoms in total. The third-order valence-electron chi connectivity index (χ3n) is 5.40. The van der Waals surface area contributed by atoms with Gasteiger partial charge < -0.3 is 9.72 Å². The predicted molar refractivity (Wildman–Crippen MR) is 103 cm³/mol. The van der Waals surface area contributed by atoms with Crippen molar-refractivity contribution in [1.82, 2.24) is 9.88 Å². The van der Waals surface area contributed by atoms with Crippen LogP contribution in [0.1, 0.15) is 37.1 Å². The first-order valence-corrected chi connectivity index (χ1v) is 9.27. The van der Waals surface area contributed by atoms with E-state index in [2.05, 4.69) is 35.0 Å². The smallest absolute Gasteiger partial charge is 0.123 e. The van der Waals surface area contributed by atoms with E-state index in [4.69, 9.17) is 4.74 Å². The average molecular weight is 352 g/mol. The second kappa shape index (κ2) is 7.12. The fourth-order valence-electron chi connectivity index (χ4n) is 4.08. The number of nitrogens with zero attached hydrogens (tertiary/aromatic N) is 1. The molecule has 136 valence electrons. The number of aromatic nitrogens is 1. The Labute approximate surface area is 153 Å². The summed E-state index contributed by atoms with van der Waals surface area (Å²) in [4.78, 5) is 6.04. The van der Waals surface area contributed by atoms with Crippen LogP contribution < -0.4 is 4.74 Å². The maximum absolute atomic E-state index is 13.5. The number of halogens is 1. The highest BCUT2D eigenvalue weighted by atomic mass is 19.1. The van der Waals surface area contributed by atoms with Gasteiger partial charge in [-0.15, -0.1) is 0 Å². The minimum Gasteiger partial charge on any atom is -0.497 e. The number of hydrogen-bond donors (Lipinski definition) is 1. The van der Waals surface area contributed by atoms with Gasteiger partial charge in [0.15, 0.2) is 0 Å². The van der Waals surface area contributed by atoms with Crippen molar-refractivity contribution in [3.63, 3.8) is 0 Å². The third-order valence-corrected chi connectivity index (χ3v) is 5.40. The lowest BCUT2D eigenvalue weighted by molar-refractivity contribution is 0.104. The summed E-state index contributed by atoms with van der Waals surface area (Å²) in [6, 6.07) is 15.7. The lowest BCUT2D eigenvalue weighted by Crippen LogP contribution is -2.37. The lowest BCUT2D eigenvalue weighted by Gasteiger charge is -2.38. The summed E-state index contributed by atoms with van der Waals surface area (Å²) in [5, 5.41) is 0.944. The monoisotopic (exact) mass is 352 g/mol. The molecular formula is C22H25FN2O. The number of rotatable bonds is 4. The molecule has 2 aromatic carbocycles. The summed E-state index contributed by atoms with van der Waals surface area (Å²) in [5.41, 5.74) is 3.44. The van der Waals surface area contributed by atoms with E-state index in [1.54, 1.807) is 13.2 Å². The van der Waals surface area contributed by atoms with Gasteiger partial charge in [0.2, 0.25) is 0 Å². The van der Waals surface area contributed by atoms with Gasteiger partial charge in [0.05, 0.1) is 13.2 Å². The van der Waals surface area contributed by atoms with Gasteiger partial charge in [0.1, 0.15) is 11.6 Å². The van der Waals surface area contributed by atoms with Gasteiger partial charge in [0, 0.05) is 29.7 Å². The highest BCUT2D eigenvalue weighted by Gasteiger charge is 2.28. The molecule has 1 aliphatic rings. The van der Waals surface area contributed by atoms with Crippen molar-refractivity contribution in [1.29, 1.82) is 0 Å². The number of aromatic amines is 1. The van der Waals surface area contributed by atoms with E-state index in [9.17, 15) is 4.39 Å². The average Bonchev–Trinajstić information content (AvgIpc) is 3.04. The number of H-pyrrole nitrogens is 1. The van der Waals surface area contributed by atoms with Gasteiger partial charge in [-0.25, -0.2) is 4.39 Å². The zero-order valence-corrected chi connectivity index (χ0v) is 15.3. The summed E-state index contributed by atoms with van der Waals surface area (Å²) in [6.07, 6.45) is 2.32. The van der Waals surface area contributed by atoms with Crippen LogP contribution in [-0.4, -0.2) is 23.5 Å². The Balaban J connectivity index is 1.63. The Bertz CT molecular complexity index is 904. The van der Waals surface area contributed by atoms with Crippen molar-refractivity contribution in [3.8, 4) is 5.75 Å². The van der Waals surface area contributed by atoms with Crippen LogP contribution >= 0.6 is 0 Å². The number of benzene rings is 2. The van der Waals surface area contributed by atoms with Gasteiger partial charge >= 0.3 is 0 Å². The summed E-state index contributed by atoms with van der Waals surface area (Å²) < 4.78 is 18.9. The van der Waals surface area contributed by atoms with Crippen molar-refractivity contribution in [2.24, 2.45) is 5.92 Å². The second-order valence-electron chi connectivity index (χ2n) is 7.44. The quantitative estimate of drug-likeness (QED) is 0.691. The summed E-state index contributed by atoms with van der Waals surface area (Å²) >= 11 is 0. The molecule has 1 aromatic heterocycles. The number of fused-ring (bicyclic) bond motifs is 1. The molecule has 4 rings (SSSR count). The Hall–Kier alpha value is -2.33. The highest BCUT2D eigenvalue weighted by molar-refractivity contribution is 5.80. The highest BCUT2D eigenvalue weighted by Crippen LogP contribution is 2.35. The molecule has 2 atom stereocenters. The largest absolute Gasteiger partial charge is 0.497 e. The molecule has 0 amide bonds. The van der Waals surface area contributed by atoms with Crippen LogP contribution in [0.25, 0.3) is 10.9 Å². The third kappa shape index (κ3) is 3.47. The number of piperidine rings is 1. The standard InChI is InChI=1S/C22H25FN2O/c1-15-6-9-22(21-12-17-11-18(23)7-8-20(17)24-21)25(13-15)14-16-4-3-5-19(10-16)26-2/h3-5,7-8,10-12,15,22,24H,6,9,13-14H2,1-2H3. The fourth-order valence-corrected chi connectivity index (χ4v) is 4.08. The van der Waals surface area contributed by atoms with E-state index < -0.39 is 0 Å². The van der Waals surface area contributed by atoms with Crippen molar-refractivity contribution >= 4 is 10.9 Å².